The summed E-state index contributed by atoms with van der Waals surface area (Å²) in [6.07, 6.45) is 1.61. The van der Waals surface area contributed by atoms with Crippen LogP contribution in [0, 0.1) is 11.7 Å². The van der Waals surface area contributed by atoms with Gasteiger partial charge in [0.1, 0.15) is 5.82 Å². The second-order valence-corrected chi connectivity index (χ2v) is 6.62. The summed E-state index contributed by atoms with van der Waals surface area (Å²) in [6.45, 7) is 4.86. The van der Waals surface area contributed by atoms with Crippen LogP contribution in [0.3, 0.4) is 0 Å². The molecule has 0 amide bonds. The standard InChI is InChI=1S/C18H19ClFN3O2/c1-11(2)16(13-6-5-12(19)10-14(13)20)21-8-9-23-17-15(25-18(23)24)4-3-7-22-17/h3-7,10-11,16,21H,8-9H2,1-2H3. The molecule has 132 valence electrons. The summed E-state index contributed by atoms with van der Waals surface area (Å²) < 4.78 is 20.9. The largest absolute Gasteiger partial charge is 0.421 e. The average Bonchev–Trinajstić information content (AvgIpc) is 2.88. The first-order valence-corrected chi connectivity index (χ1v) is 8.48. The van der Waals surface area contributed by atoms with Crippen LogP contribution in [0.15, 0.2) is 45.7 Å². The number of benzene rings is 1. The molecule has 0 bridgehead atoms. The molecule has 0 aliphatic heterocycles. The van der Waals surface area contributed by atoms with Crippen molar-refractivity contribution in [3.05, 3.63) is 63.5 Å². The van der Waals surface area contributed by atoms with Crippen LogP contribution < -0.4 is 11.1 Å². The van der Waals surface area contributed by atoms with Gasteiger partial charge in [0.15, 0.2) is 11.2 Å². The van der Waals surface area contributed by atoms with Crippen LogP contribution in [0.2, 0.25) is 5.02 Å². The van der Waals surface area contributed by atoms with Gasteiger partial charge in [0, 0.05) is 35.9 Å². The molecule has 0 radical (unpaired) electrons. The van der Waals surface area contributed by atoms with Crippen LogP contribution in [-0.4, -0.2) is 16.1 Å². The summed E-state index contributed by atoms with van der Waals surface area (Å²) in [5, 5.41) is 3.68. The average molecular weight is 364 g/mol. The van der Waals surface area contributed by atoms with Crippen LogP contribution in [0.4, 0.5) is 4.39 Å². The van der Waals surface area contributed by atoms with Gasteiger partial charge in [-0.15, -0.1) is 0 Å². The van der Waals surface area contributed by atoms with E-state index >= 15 is 0 Å². The maximum Gasteiger partial charge on any atom is 0.421 e. The van der Waals surface area contributed by atoms with Crippen molar-refractivity contribution in [2.75, 3.05) is 6.54 Å². The normalized spacial score (nSPS) is 12.8. The Kier molecular flexibility index (Phi) is 5.20. The molecule has 25 heavy (non-hydrogen) atoms. The molecular formula is C18H19ClFN3O2. The number of hydrogen-bond acceptors (Lipinski definition) is 4. The van der Waals surface area contributed by atoms with E-state index in [4.69, 9.17) is 16.0 Å². The van der Waals surface area contributed by atoms with Gasteiger partial charge in [0.25, 0.3) is 0 Å². The molecule has 0 saturated carbocycles. The van der Waals surface area contributed by atoms with Crippen LogP contribution in [0.25, 0.3) is 11.2 Å². The van der Waals surface area contributed by atoms with Crippen molar-refractivity contribution in [3.8, 4) is 0 Å². The summed E-state index contributed by atoms with van der Waals surface area (Å²) >= 11 is 5.83. The van der Waals surface area contributed by atoms with Crippen LogP contribution in [-0.2, 0) is 6.54 Å². The maximum atomic E-state index is 14.2. The topological polar surface area (TPSA) is 60.1 Å². The lowest BCUT2D eigenvalue weighted by molar-refractivity contribution is 0.384. The number of nitrogens with zero attached hydrogens (tertiary/aromatic N) is 2. The van der Waals surface area contributed by atoms with Gasteiger partial charge >= 0.3 is 5.76 Å². The van der Waals surface area contributed by atoms with E-state index in [1.54, 1.807) is 30.5 Å². The first-order valence-electron chi connectivity index (χ1n) is 8.10. The maximum absolute atomic E-state index is 14.2. The van der Waals surface area contributed by atoms with E-state index in [1.807, 2.05) is 13.8 Å². The highest BCUT2D eigenvalue weighted by atomic mass is 35.5. The van der Waals surface area contributed by atoms with Gasteiger partial charge in [0.2, 0.25) is 0 Å². The Bertz CT molecular complexity index is 935. The fraction of sp³-hybridized carbons (Fsp3) is 0.333. The lowest BCUT2D eigenvalue weighted by Gasteiger charge is -2.23. The van der Waals surface area contributed by atoms with E-state index in [-0.39, 0.29) is 17.8 Å². The summed E-state index contributed by atoms with van der Waals surface area (Å²) in [7, 11) is 0. The second-order valence-electron chi connectivity index (χ2n) is 6.19. The predicted octanol–water partition coefficient (Wildman–Crippen LogP) is 3.77. The molecule has 0 aliphatic rings. The number of rotatable bonds is 6. The lowest BCUT2D eigenvalue weighted by Crippen LogP contribution is -2.31. The van der Waals surface area contributed by atoms with Gasteiger partial charge in [0.05, 0.1) is 0 Å². The van der Waals surface area contributed by atoms with Gasteiger partial charge in [-0.25, -0.2) is 14.2 Å². The Hall–Kier alpha value is -2.18. The smallest absolute Gasteiger partial charge is 0.406 e. The zero-order chi connectivity index (χ0) is 18.0. The monoisotopic (exact) mass is 363 g/mol. The Morgan fingerprint density at radius 3 is 2.88 bits per heavy atom. The molecule has 5 nitrogen and oxygen atoms in total. The molecule has 0 spiro atoms. The van der Waals surface area contributed by atoms with Gasteiger partial charge in [-0.2, -0.15) is 0 Å². The van der Waals surface area contributed by atoms with Crippen LogP contribution in [0.1, 0.15) is 25.5 Å². The molecule has 7 heteroatoms. The van der Waals surface area contributed by atoms with Gasteiger partial charge in [-0.05, 0) is 30.2 Å². The summed E-state index contributed by atoms with van der Waals surface area (Å²) in [5.41, 5.74) is 1.52. The van der Waals surface area contributed by atoms with Crippen LogP contribution >= 0.6 is 11.6 Å². The third-order valence-electron chi connectivity index (χ3n) is 4.09. The molecule has 3 aromatic rings. The highest BCUT2D eigenvalue weighted by Gasteiger charge is 2.19. The van der Waals surface area contributed by atoms with Gasteiger partial charge < -0.3 is 9.73 Å². The first kappa shape index (κ1) is 17.6. The number of pyridine rings is 1. The van der Waals surface area contributed by atoms with Crippen molar-refractivity contribution in [1.82, 2.24) is 14.9 Å². The van der Waals surface area contributed by atoms with Gasteiger partial charge in [-0.1, -0.05) is 31.5 Å². The van der Waals surface area contributed by atoms with E-state index in [9.17, 15) is 9.18 Å². The van der Waals surface area contributed by atoms with Crippen molar-refractivity contribution in [3.63, 3.8) is 0 Å². The lowest BCUT2D eigenvalue weighted by atomic mass is 9.95. The number of halogens is 2. The number of nitrogens with one attached hydrogen (secondary N) is 1. The third-order valence-corrected chi connectivity index (χ3v) is 4.32. The molecule has 1 N–H and O–H groups in total. The van der Waals surface area contributed by atoms with E-state index in [0.29, 0.717) is 34.9 Å². The zero-order valence-electron chi connectivity index (χ0n) is 14.0. The van der Waals surface area contributed by atoms with E-state index < -0.39 is 5.76 Å². The van der Waals surface area contributed by atoms with Gasteiger partial charge in [-0.3, -0.25) is 4.57 Å². The molecular weight excluding hydrogens is 345 g/mol. The number of fused-ring (bicyclic) bond motifs is 1. The van der Waals surface area contributed by atoms with Crippen molar-refractivity contribution >= 4 is 22.8 Å². The van der Waals surface area contributed by atoms with E-state index in [2.05, 4.69) is 10.3 Å². The van der Waals surface area contributed by atoms with Crippen molar-refractivity contribution < 1.29 is 8.81 Å². The summed E-state index contributed by atoms with van der Waals surface area (Å²) in [5.74, 6) is -0.632. The first-order chi connectivity index (χ1) is 12.0. The Labute approximate surface area is 149 Å². The molecule has 1 unspecified atom stereocenters. The Morgan fingerprint density at radius 1 is 1.36 bits per heavy atom. The highest BCUT2D eigenvalue weighted by Crippen LogP contribution is 2.26. The van der Waals surface area contributed by atoms with Crippen molar-refractivity contribution in [2.45, 2.75) is 26.4 Å². The summed E-state index contributed by atoms with van der Waals surface area (Å²) in [4.78, 5) is 16.1. The predicted molar refractivity (Wildman–Crippen MR) is 95.3 cm³/mol. The molecule has 0 saturated heterocycles. The number of oxazole rings is 1. The minimum Gasteiger partial charge on any atom is -0.406 e. The highest BCUT2D eigenvalue weighted by molar-refractivity contribution is 6.30. The molecule has 0 fully saturated rings. The molecule has 2 heterocycles. The fourth-order valence-electron chi connectivity index (χ4n) is 2.89. The number of aromatic nitrogens is 2. The molecule has 2 aromatic heterocycles. The zero-order valence-corrected chi connectivity index (χ0v) is 14.8. The Balaban J connectivity index is 1.76. The minimum absolute atomic E-state index is 0.159. The van der Waals surface area contributed by atoms with Crippen LogP contribution in [0.5, 0.6) is 0 Å². The third kappa shape index (κ3) is 3.75. The van der Waals surface area contributed by atoms with E-state index in [1.165, 1.54) is 10.6 Å². The summed E-state index contributed by atoms with van der Waals surface area (Å²) in [6, 6.07) is 7.90. The molecule has 0 aliphatic carbocycles. The SMILES string of the molecule is CC(C)C(NCCn1c(=O)oc2cccnc21)c1ccc(Cl)cc1F. The molecule has 3 rings (SSSR count). The van der Waals surface area contributed by atoms with E-state index in [0.717, 1.165) is 0 Å². The molecule has 1 atom stereocenters. The van der Waals surface area contributed by atoms with Crippen molar-refractivity contribution in [2.24, 2.45) is 5.92 Å². The van der Waals surface area contributed by atoms with Crippen molar-refractivity contribution in [1.29, 1.82) is 0 Å². The number of hydrogen-bond donors (Lipinski definition) is 1. The molecule has 1 aromatic carbocycles. The Morgan fingerprint density at radius 2 is 2.16 bits per heavy atom. The quantitative estimate of drug-likeness (QED) is 0.724. The second kappa shape index (κ2) is 7.37. The minimum atomic E-state index is -0.450. The fourth-order valence-corrected chi connectivity index (χ4v) is 3.05.